The molecule has 0 aliphatic heterocycles. The van der Waals surface area contributed by atoms with Crippen molar-refractivity contribution in [2.45, 2.75) is 26.2 Å². The minimum atomic E-state index is 0.0337. The van der Waals surface area contributed by atoms with Crippen LogP contribution >= 0.6 is 0 Å². The van der Waals surface area contributed by atoms with Crippen molar-refractivity contribution in [3.8, 4) is 5.75 Å². The third-order valence-electron chi connectivity index (χ3n) is 2.20. The second-order valence-electron chi connectivity index (χ2n) is 4.33. The molecule has 80 valence electrons. The van der Waals surface area contributed by atoms with E-state index in [-0.39, 0.29) is 5.41 Å². The van der Waals surface area contributed by atoms with Crippen LogP contribution in [0, 0.1) is 0 Å². The quantitative estimate of drug-likeness (QED) is 0.410. The molecule has 0 fully saturated rings. The molecule has 1 rings (SSSR count). The summed E-state index contributed by atoms with van der Waals surface area (Å²) in [6.07, 6.45) is 0. The molecule has 1 aromatic rings. The largest absolute Gasteiger partial charge is 0.496 e. The average molecular weight is 205 g/mol. The van der Waals surface area contributed by atoms with Crippen LogP contribution in [0.2, 0.25) is 0 Å². The van der Waals surface area contributed by atoms with Gasteiger partial charge in [0.1, 0.15) is 5.75 Å². The van der Waals surface area contributed by atoms with E-state index in [0.29, 0.717) is 11.4 Å². The van der Waals surface area contributed by atoms with Gasteiger partial charge in [-0.05, 0) is 28.6 Å². The Bertz CT molecular complexity index is 401. The van der Waals surface area contributed by atoms with E-state index in [2.05, 4.69) is 30.8 Å². The summed E-state index contributed by atoms with van der Waals surface area (Å²) in [5.74, 6) is 0.598. The van der Waals surface area contributed by atoms with Gasteiger partial charge in [0.15, 0.2) is 0 Å². The van der Waals surface area contributed by atoms with Crippen LogP contribution < -0.4 is 4.74 Å². The van der Waals surface area contributed by atoms with Gasteiger partial charge in [0, 0.05) is 4.91 Å². The van der Waals surface area contributed by atoms with Crippen molar-refractivity contribution in [3.63, 3.8) is 0 Å². The number of ether oxygens (including phenoxy) is 1. The van der Waals surface area contributed by atoms with Gasteiger partial charge in [-0.1, -0.05) is 32.0 Å². The van der Waals surface area contributed by atoms with E-state index < -0.39 is 0 Å². The molecule has 0 N–H and O–H groups in total. The van der Waals surface area contributed by atoms with Crippen molar-refractivity contribution in [2.24, 2.45) is 5.11 Å². The van der Waals surface area contributed by atoms with Gasteiger partial charge < -0.3 is 4.74 Å². The lowest BCUT2D eigenvalue weighted by atomic mass is 9.87. The Labute approximate surface area is 89.5 Å². The molecule has 4 heteroatoms. The molecule has 4 nitrogen and oxygen atoms in total. The molecule has 0 atom stereocenters. The normalized spacial score (nSPS) is 10.7. The number of nitrogens with zero attached hydrogens (tertiary/aromatic N) is 3. The lowest BCUT2D eigenvalue weighted by Gasteiger charge is -2.20. The molecule has 15 heavy (non-hydrogen) atoms. The van der Waals surface area contributed by atoms with Gasteiger partial charge in [0.05, 0.1) is 12.8 Å². The summed E-state index contributed by atoms with van der Waals surface area (Å²) in [7, 11) is 1.56. The van der Waals surface area contributed by atoms with Crippen LogP contribution in [-0.4, -0.2) is 7.11 Å². The number of methoxy groups -OCH3 is 1. The topological polar surface area (TPSA) is 58.0 Å². The van der Waals surface area contributed by atoms with Crippen molar-refractivity contribution in [2.75, 3.05) is 7.11 Å². The molecule has 0 aliphatic carbocycles. The van der Waals surface area contributed by atoms with Crippen molar-refractivity contribution in [1.29, 1.82) is 0 Å². The fourth-order valence-corrected chi connectivity index (χ4v) is 1.28. The van der Waals surface area contributed by atoms with Gasteiger partial charge in [-0.25, -0.2) is 0 Å². The first-order valence-electron chi connectivity index (χ1n) is 4.72. The Hall–Kier alpha value is -1.67. The first-order valence-corrected chi connectivity index (χ1v) is 4.72. The molecular weight excluding hydrogens is 190 g/mol. The van der Waals surface area contributed by atoms with Crippen molar-refractivity contribution >= 4 is 5.69 Å². The minimum absolute atomic E-state index is 0.0337. The van der Waals surface area contributed by atoms with E-state index >= 15 is 0 Å². The summed E-state index contributed by atoms with van der Waals surface area (Å²) >= 11 is 0. The summed E-state index contributed by atoms with van der Waals surface area (Å²) < 4.78 is 5.10. The summed E-state index contributed by atoms with van der Waals surface area (Å²) in [5, 5.41) is 3.61. The van der Waals surface area contributed by atoms with E-state index in [9.17, 15) is 0 Å². The molecule has 1 aromatic carbocycles. The highest BCUT2D eigenvalue weighted by Gasteiger charge is 2.15. The van der Waals surface area contributed by atoms with Crippen LogP contribution in [0.3, 0.4) is 0 Å². The maximum Gasteiger partial charge on any atom is 0.128 e. The second kappa shape index (κ2) is 4.24. The van der Waals surface area contributed by atoms with Gasteiger partial charge in [0.25, 0.3) is 0 Å². The van der Waals surface area contributed by atoms with Crippen LogP contribution in [0.5, 0.6) is 5.75 Å². The Kier molecular flexibility index (Phi) is 3.22. The molecule has 0 spiro atoms. The van der Waals surface area contributed by atoms with Crippen LogP contribution in [-0.2, 0) is 5.41 Å². The van der Waals surface area contributed by atoms with Gasteiger partial charge in [-0.15, -0.1) is 0 Å². The number of azide groups is 1. The predicted molar refractivity (Wildman–Crippen MR) is 60.5 cm³/mol. The minimum Gasteiger partial charge on any atom is -0.496 e. The maximum atomic E-state index is 8.44. The average Bonchev–Trinajstić information content (AvgIpc) is 2.17. The molecule has 0 heterocycles. The van der Waals surface area contributed by atoms with E-state index in [1.54, 1.807) is 7.11 Å². The van der Waals surface area contributed by atoms with Crippen molar-refractivity contribution < 1.29 is 4.74 Å². The monoisotopic (exact) mass is 205 g/mol. The Balaban J connectivity index is 3.28. The molecule has 0 unspecified atom stereocenters. The summed E-state index contributed by atoms with van der Waals surface area (Å²) in [6, 6.07) is 5.67. The zero-order chi connectivity index (χ0) is 11.5. The number of benzene rings is 1. The number of hydrogen-bond acceptors (Lipinski definition) is 2. The Morgan fingerprint density at radius 3 is 2.47 bits per heavy atom. The SMILES string of the molecule is COc1ccc(C(C)(C)C)cc1N=[N+]=[N-]. The van der Waals surface area contributed by atoms with Gasteiger partial charge in [0.2, 0.25) is 0 Å². The molecule has 0 radical (unpaired) electrons. The first-order chi connectivity index (χ1) is 6.99. The third-order valence-corrected chi connectivity index (χ3v) is 2.20. The predicted octanol–water partition coefficient (Wildman–Crippen LogP) is 3.93. The molecule has 0 saturated carbocycles. The lowest BCUT2D eigenvalue weighted by molar-refractivity contribution is 0.415. The highest BCUT2D eigenvalue weighted by atomic mass is 16.5. The van der Waals surface area contributed by atoms with Crippen LogP contribution in [0.4, 0.5) is 5.69 Å². The molecule has 0 aliphatic rings. The van der Waals surface area contributed by atoms with E-state index in [1.807, 2.05) is 18.2 Å². The molecule has 0 amide bonds. The molecule has 0 saturated heterocycles. The van der Waals surface area contributed by atoms with Gasteiger partial charge >= 0.3 is 0 Å². The second-order valence-corrected chi connectivity index (χ2v) is 4.33. The fourth-order valence-electron chi connectivity index (χ4n) is 1.28. The van der Waals surface area contributed by atoms with Crippen LogP contribution in [0.15, 0.2) is 23.3 Å². The van der Waals surface area contributed by atoms with E-state index in [0.717, 1.165) is 5.56 Å². The van der Waals surface area contributed by atoms with Crippen LogP contribution in [0.1, 0.15) is 26.3 Å². The summed E-state index contributed by atoms with van der Waals surface area (Å²) in [6.45, 7) is 6.32. The first kappa shape index (κ1) is 11.4. The van der Waals surface area contributed by atoms with Crippen molar-refractivity contribution in [3.05, 3.63) is 34.2 Å². The third kappa shape index (κ3) is 2.64. The number of rotatable bonds is 2. The maximum absolute atomic E-state index is 8.44. The van der Waals surface area contributed by atoms with E-state index in [1.165, 1.54) is 0 Å². The summed E-state index contributed by atoms with van der Waals surface area (Å²) in [5.41, 5.74) is 10.1. The highest BCUT2D eigenvalue weighted by molar-refractivity contribution is 5.54. The number of hydrogen-bond donors (Lipinski definition) is 0. The Morgan fingerprint density at radius 2 is 2.00 bits per heavy atom. The molecular formula is C11H15N3O. The summed E-state index contributed by atoms with van der Waals surface area (Å²) in [4.78, 5) is 2.78. The Morgan fingerprint density at radius 1 is 1.33 bits per heavy atom. The zero-order valence-corrected chi connectivity index (χ0v) is 9.48. The fraction of sp³-hybridized carbons (Fsp3) is 0.455. The van der Waals surface area contributed by atoms with Crippen molar-refractivity contribution in [1.82, 2.24) is 0 Å². The lowest BCUT2D eigenvalue weighted by Crippen LogP contribution is -2.10. The van der Waals surface area contributed by atoms with Gasteiger partial charge in [-0.3, -0.25) is 0 Å². The van der Waals surface area contributed by atoms with E-state index in [4.69, 9.17) is 10.3 Å². The zero-order valence-electron chi connectivity index (χ0n) is 9.48. The standard InChI is InChI=1S/C11H15N3O/c1-11(2,3)8-5-6-10(15-4)9(7-8)13-14-12/h5-7H,1-4H3. The van der Waals surface area contributed by atoms with Crippen LogP contribution in [0.25, 0.3) is 10.4 Å². The molecule has 0 bridgehead atoms. The highest BCUT2D eigenvalue weighted by Crippen LogP contribution is 2.33. The smallest absolute Gasteiger partial charge is 0.128 e. The van der Waals surface area contributed by atoms with Gasteiger partial charge in [-0.2, -0.15) is 0 Å². The molecule has 0 aromatic heterocycles.